The second-order valence-corrected chi connectivity index (χ2v) is 6.97. The third kappa shape index (κ3) is 2.96. The molecule has 0 amide bonds. The molecule has 0 radical (unpaired) electrons. The van der Waals surface area contributed by atoms with E-state index in [0.29, 0.717) is 10.0 Å². The van der Waals surface area contributed by atoms with Crippen molar-refractivity contribution >= 4 is 38.6 Å². The second-order valence-electron chi connectivity index (χ2n) is 3.35. The normalized spacial score (nSPS) is 11.4. The van der Waals surface area contributed by atoms with E-state index >= 15 is 0 Å². The van der Waals surface area contributed by atoms with E-state index in [1.54, 1.807) is 31.3 Å². The summed E-state index contributed by atoms with van der Waals surface area (Å²) in [4.78, 5) is 3.99. The van der Waals surface area contributed by atoms with Crippen LogP contribution in [0.2, 0.25) is 4.34 Å². The molecule has 90 valence electrons. The molecule has 0 spiro atoms. The van der Waals surface area contributed by atoms with Crippen molar-refractivity contribution < 1.29 is 8.42 Å². The molecule has 0 aliphatic rings. The van der Waals surface area contributed by atoms with Gasteiger partial charge in [0.05, 0.1) is 10.0 Å². The van der Waals surface area contributed by atoms with Crippen molar-refractivity contribution in [2.24, 2.45) is 0 Å². The number of hydrogen-bond donors (Lipinski definition) is 1. The van der Waals surface area contributed by atoms with E-state index in [4.69, 9.17) is 11.6 Å². The quantitative estimate of drug-likeness (QED) is 0.945. The van der Waals surface area contributed by atoms with Crippen LogP contribution in [0.5, 0.6) is 0 Å². The van der Waals surface area contributed by atoms with Gasteiger partial charge >= 0.3 is 0 Å². The largest absolute Gasteiger partial charge is 0.279 e. The molecule has 1 N–H and O–H groups in total. The Morgan fingerprint density at radius 2 is 2.12 bits per heavy atom. The summed E-state index contributed by atoms with van der Waals surface area (Å²) in [5.41, 5.74) is 1.23. The summed E-state index contributed by atoms with van der Waals surface area (Å²) >= 11 is 6.73. The first-order chi connectivity index (χ1) is 7.97. The first-order valence-corrected chi connectivity index (χ1v) is 7.36. The number of aryl methyl sites for hydroxylation is 1. The third-order valence-electron chi connectivity index (χ3n) is 1.96. The molecule has 0 saturated heterocycles. The molecule has 0 fully saturated rings. The second kappa shape index (κ2) is 4.64. The first-order valence-electron chi connectivity index (χ1n) is 4.68. The van der Waals surface area contributed by atoms with Gasteiger partial charge in [0, 0.05) is 11.9 Å². The molecule has 0 aliphatic heterocycles. The van der Waals surface area contributed by atoms with Crippen LogP contribution >= 0.6 is 22.9 Å². The molecule has 0 saturated carbocycles. The van der Waals surface area contributed by atoms with Crippen molar-refractivity contribution in [1.82, 2.24) is 4.98 Å². The van der Waals surface area contributed by atoms with Gasteiger partial charge in [-0.05, 0) is 31.2 Å². The maximum Gasteiger partial charge on any atom is 0.271 e. The predicted molar refractivity (Wildman–Crippen MR) is 69.1 cm³/mol. The zero-order valence-electron chi connectivity index (χ0n) is 8.84. The minimum atomic E-state index is -3.55. The van der Waals surface area contributed by atoms with Crippen LogP contribution in [0.1, 0.15) is 5.69 Å². The minimum Gasteiger partial charge on any atom is -0.279 e. The molecule has 0 aromatic carbocycles. The highest BCUT2D eigenvalue weighted by atomic mass is 35.5. The first kappa shape index (κ1) is 12.3. The lowest BCUT2D eigenvalue weighted by molar-refractivity contribution is 0.603. The Hall–Kier alpha value is -1.11. The summed E-state index contributed by atoms with van der Waals surface area (Å²) in [6.45, 7) is 1.79. The Balaban J connectivity index is 2.29. The number of thiophene rings is 1. The van der Waals surface area contributed by atoms with Gasteiger partial charge in [-0.3, -0.25) is 9.71 Å². The van der Waals surface area contributed by atoms with E-state index in [0.717, 1.165) is 17.0 Å². The molecule has 0 aliphatic carbocycles. The van der Waals surface area contributed by atoms with Gasteiger partial charge in [0.1, 0.15) is 4.21 Å². The van der Waals surface area contributed by atoms with E-state index in [9.17, 15) is 8.42 Å². The van der Waals surface area contributed by atoms with Crippen molar-refractivity contribution in [3.63, 3.8) is 0 Å². The highest BCUT2D eigenvalue weighted by Gasteiger charge is 2.16. The van der Waals surface area contributed by atoms with E-state index in [1.165, 1.54) is 6.07 Å². The molecule has 7 heteroatoms. The van der Waals surface area contributed by atoms with Gasteiger partial charge in [-0.25, -0.2) is 8.42 Å². The number of nitrogens with zero attached hydrogens (tertiary/aromatic N) is 1. The van der Waals surface area contributed by atoms with E-state index < -0.39 is 10.0 Å². The Kier molecular flexibility index (Phi) is 3.37. The molecule has 17 heavy (non-hydrogen) atoms. The average molecular weight is 289 g/mol. The van der Waals surface area contributed by atoms with Gasteiger partial charge in [-0.1, -0.05) is 11.6 Å². The van der Waals surface area contributed by atoms with Gasteiger partial charge in [0.2, 0.25) is 0 Å². The summed E-state index contributed by atoms with van der Waals surface area (Å²) in [5.74, 6) is 0. The molecule has 0 unspecified atom stereocenters. The van der Waals surface area contributed by atoms with Crippen molar-refractivity contribution in [3.05, 3.63) is 40.5 Å². The fourth-order valence-electron chi connectivity index (χ4n) is 1.26. The van der Waals surface area contributed by atoms with Gasteiger partial charge in [0.25, 0.3) is 10.0 Å². The Bertz CT molecular complexity index is 637. The van der Waals surface area contributed by atoms with Crippen LogP contribution in [0.25, 0.3) is 0 Å². The van der Waals surface area contributed by atoms with Crippen molar-refractivity contribution in [2.75, 3.05) is 4.72 Å². The highest BCUT2D eigenvalue weighted by Crippen LogP contribution is 2.27. The third-order valence-corrected chi connectivity index (χ3v) is 5.07. The number of pyridine rings is 1. The predicted octanol–water partition coefficient (Wildman–Crippen LogP) is 2.91. The van der Waals surface area contributed by atoms with Gasteiger partial charge in [-0.15, -0.1) is 11.3 Å². The van der Waals surface area contributed by atoms with Crippen molar-refractivity contribution in [2.45, 2.75) is 11.1 Å². The van der Waals surface area contributed by atoms with Crippen LogP contribution in [0.15, 0.2) is 34.7 Å². The molecule has 4 nitrogen and oxygen atoms in total. The average Bonchev–Trinajstić information content (AvgIpc) is 2.65. The highest BCUT2D eigenvalue weighted by molar-refractivity contribution is 7.94. The van der Waals surface area contributed by atoms with Crippen LogP contribution in [0, 0.1) is 6.92 Å². The molecular formula is C10H9ClN2O2S2. The fourth-order valence-corrected chi connectivity index (χ4v) is 3.79. The van der Waals surface area contributed by atoms with Crippen LogP contribution in [-0.2, 0) is 10.0 Å². The van der Waals surface area contributed by atoms with Gasteiger partial charge in [0.15, 0.2) is 0 Å². The number of nitrogens with one attached hydrogen (secondary N) is 1. The number of aromatic nitrogens is 1. The summed E-state index contributed by atoms with van der Waals surface area (Å²) < 4.78 is 27.0. The summed E-state index contributed by atoms with van der Waals surface area (Å²) in [7, 11) is -3.55. The van der Waals surface area contributed by atoms with Crippen LogP contribution in [0.3, 0.4) is 0 Å². The number of anilines is 1. The lowest BCUT2D eigenvalue weighted by Crippen LogP contribution is -2.11. The van der Waals surface area contributed by atoms with E-state index in [-0.39, 0.29) is 4.21 Å². The SMILES string of the molecule is Cc1cc(NS(=O)(=O)c2ccc(Cl)s2)ccn1. The Morgan fingerprint density at radius 1 is 1.35 bits per heavy atom. The number of halogens is 1. The molecular weight excluding hydrogens is 280 g/mol. The number of sulfonamides is 1. The lowest BCUT2D eigenvalue weighted by Gasteiger charge is -2.06. The smallest absolute Gasteiger partial charge is 0.271 e. The molecule has 2 aromatic rings. The molecule has 0 bridgehead atoms. The number of hydrogen-bond acceptors (Lipinski definition) is 4. The van der Waals surface area contributed by atoms with Crippen LogP contribution in [-0.4, -0.2) is 13.4 Å². The maximum atomic E-state index is 11.9. The Morgan fingerprint density at radius 3 is 2.71 bits per heavy atom. The van der Waals surface area contributed by atoms with Crippen LogP contribution in [0.4, 0.5) is 5.69 Å². The standard InChI is InChI=1S/C10H9ClN2O2S2/c1-7-6-8(4-5-12-7)13-17(14,15)10-3-2-9(11)16-10/h2-6H,1H3,(H,12,13). The topological polar surface area (TPSA) is 59.1 Å². The van der Waals surface area contributed by atoms with E-state index in [2.05, 4.69) is 9.71 Å². The Labute approximate surface area is 108 Å². The molecule has 2 rings (SSSR count). The molecule has 0 atom stereocenters. The number of rotatable bonds is 3. The minimum absolute atomic E-state index is 0.192. The fraction of sp³-hybridized carbons (Fsp3) is 0.100. The lowest BCUT2D eigenvalue weighted by atomic mass is 10.3. The maximum absolute atomic E-state index is 11.9. The van der Waals surface area contributed by atoms with E-state index in [1.807, 2.05) is 0 Å². The van der Waals surface area contributed by atoms with Gasteiger partial charge in [-0.2, -0.15) is 0 Å². The van der Waals surface area contributed by atoms with Crippen LogP contribution < -0.4 is 4.72 Å². The zero-order chi connectivity index (χ0) is 12.5. The van der Waals surface area contributed by atoms with Gasteiger partial charge < -0.3 is 0 Å². The summed E-state index contributed by atoms with van der Waals surface area (Å²) in [6, 6.07) is 6.29. The molecule has 2 aromatic heterocycles. The monoisotopic (exact) mass is 288 g/mol. The molecule has 2 heterocycles. The van der Waals surface area contributed by atoms with Crippen molar-refractivity contribution in [3.8, 4) is 0 Å². The zero-order valence-corrected chi connectivity index (χ0v) is 11.2. The summed E-state index contributed by atoms with van der Waals surface area (Å²) in [5, 5.41) is 0. The summed E-state index contributed by atoms with van der Waals surface area (Å²) in [6.07, 6.45) is 1.55. The van der Waals surface area contributed by atoms with Crippen molar-refractivity contribution in [1.29, 1.82) is 0 Å².